The lowest BCUT2D eigenvalue weighted by Crippen LogP contribution is -2.62. The fourth-order valence-corrected chi connectivity index (χ4v) is 4.76. The lowest BCUT2D eigenvalue weighted by molar-refractivity contribution is -0.350. The van der Waals surface area contributed by atoms with Gasteiger partial charge in [-0.25, -0.2) is 0 Å². The zero-order chi connectivity index (χ0) is 25.2. The monoisotopic (exact) mass is 494 g/mol. The van der Waals surface area contributed by atoms with Gasteiger partial charge >= 0.3 is 5.97 Å². The molecule has 0 aromatic rings. The van der Waals surface area contributed by atoms with Crippen LogP contribution in [0.15, 0.2) is 0 Å². The Hall–Kier alpha value is -0.930. The molecule has 12 nitrogen and oxygen atoms in total. The maximum atomic E-state index is 11.7. The van der Waals surface area contributed by atoms with Crippen LogP contribution in [-0.2, 0) is 42.7 Å². The molecule has 0 saturated carbocycles. The van der Waals surface area contributed by atoms with Crippen molar-refractivity contribution in [2.45, 2.75) is 120 Å². The highest BCUT2D eigenvalue weighted by Crippen LogP contribution is 2.33. The number of hydrogen-bond donors (Lipinski definition) is 3. The van der Waals surface area contributed by atoms with Crippen molar-refractivity contribution in [3.8, 4) is 0 Å². The van der Waals surface area contributed by atoms with Crippen LogP contribution in [0.2, 0.25) is 0 Å². The largest absolute Gasteiger partial charge is 0.454 e. The predicted molar refractivity (Wildman–Crippen MR) is 113 cm³/mol. The Labute approximate surface area is 199 Å². The van der Waals surface area contributed by atoms with E-state index in [2.05, 4.69) is 0 Å². The third kappa shape index (κ3) is 6.25. The molecule has 0 spiro atoms. The molecular formula is C22H38O12. The summed E-state index contributed by atoms with van der Waals surface area (Å²) in [7, 11) is 2.94. The molecule has 0 bridgehead atoms. The van der Waals surface area contributed by atoms with Crippen molar-refractivity contribution in [3.63, 3.8) is 0 Å². The molecule has 12 heteroatoms. The molecule has 3 heterocycles. The summed E-state index contributed by atoms with van der Waals surface area (Å²) in [6.07, 6.45) is -9.76. The van der Waals surface area contributed by atoms with Gasteiger partial charge in [0.25, 0.3) is 0 Å². The van der Waals surface area contributed by atoms with Crippen molar-refractivity contribution in [2.24, 2.45) is 0 Å². The summed E-state index contributed by atoms with van der Waals surface area (Å²) in [5.74, 6) is -0.566. The summed E-state index contributed by atoms with van der Waals surface area (Å²) < 4.78 is 45.8. The van der Waals surface area contributed by atoms with Crippen LogP contribution in [0.3, 0.4) is 0 Å². The molecule has 3 rings (SSSR count). The summed E-state index contributed by atoms with van der Waals surface area (Å²) in [6.45, 7) is 6.41. The predicted octanol–water partition coefficient (Wildman–Crippen LogP) is -0.553. The Bertz CT molecular complexity index is 652. The molecule has 0 aromatic carbocycles. The van der Waals surface area contributed by atoms with Gasteiger partial charge in [-0.05, 0) is 20.8 Å². The van der Waals surface area contributed by atoms with E-state index in [1.54, 1.807) is 20.8 Å². The minimum atomic E-state index is -1.04. The molecule has 0 aromatic heterocycles. The van der Waals surface area contributed by atoms with Crippen LogP contribution in [0.25, 0.3) is 0 Å². The molecule has 3 aliphatic rings. The number of hydrogen-bond acceptors (Lipinski definition) is 12. The van der Waals surface area contributed by atoms with Gasteiger partial charge in [0.15, 0.2) is 25.0 Å². The van der Waals surface area contributed by atoms with Gasteiger partial charge in [0, 0.05) is 34.0 Å². The van der Waals surface area contributed by atoms with Crippen LogP contribution in [-0.4, -0.2) is 115 Å². The minimum absolute atomic E-state index is 0.0397. The molecule has 3 aliphatic heterocycles. The van der Waals surface area contributed by atoms with E-state index in [1.807, 2.05) is 0 Å². The van der Waals surface area contributed by atoms with Gasteiger partial charge in [0.2, 0.25) is 0 Å². The van der Waals surface area contributed by atoms with E-state index in [9.17, 15) is 20.1 Å². The normalized spacial score (nSPS) is 47.9. The molecule has 198 valence electrons. The first-order valence-corrected chi connectivity index (χ1v) is 11.6. The smallest absolute Gasteiger partial charge is 0.303 e. The summed E-state index contributed by atoms with van der Waals surface area (Å²) in [5, 5.41) is 30.4. The van der Waals surface area contributed by atoms with Crippen molar-refractivity contribution < 1.29 is 58.0 Å². The Morgan fingerprint density at radius 1 is 0.794 bits per heavy atom. The molecular weight excluding hydrogens is 456 g/mol. The second-order valence-corrected chi connectivity index (χ2v) is 9.06. The van der Waals surface area contributed by atoms with Gasteiger partial charge in [0.05, 0.1) is 30.5 Å². The van der Waals surface area contributed by atoms with Gasteiger partial charge in [-0.15, -0.1) is 0 Å². The minimum Gasteiger partial charge on any atom is -0.454 e. The highest BCUT2D eigenvalue weighted by atomic mass is 16.8. The maximum Gasteiger partial charge on any atom is 0.303 e. The average Bonchev–Trinajstić information content (AvgIpc) is 2.75. The first kappa shape index (κ1) is 27.7. The number of esters is 1. The number of aliphatic hydroxyl groups is 3. The summed E-state index contributed by atoms with van der Waals surface area (Å²) in [5.41, 5.74) is 0. The van der Waals surface area contributed by atoms with Crippen molar-refractivity contribution >= 4 is 5.97 Å². The Morgan fingerprint density at radius 3 is 2.06 bits per heavy atom. The topological polar surface area (TPSA) is 152 Å². The maximum absolute atomic E-state index is 11.7. The van der Waals surface area contributed by atoms with E-state index in [0.29, 0.717) is 0 Å². The molecule has 3 fully saturated rings. The number of ether oxygens (including phenoxy) is 8. The highest BCUT2D eigenvalue weighted by molar-refractivity contribution is 5.66. The van der Waals surface area contributed by atoms with E-state index in [4.69, 9.17) is 37.9 Å². The van der Waals surface area contributed by atoms with Crippen LogP contribution >= 0.6 is 0 Å². The van der Waals surface area contributed by atoms with Crippen molar-refractivity contribution in [1.29, 1.82) is 0 Å². The fraction of sp³-hybridized carbons (Fsp3) is 0.955. The molecule has 0 aliphatic carbocycles. The third-order valence-corrected chi connectivity index (χ3v) is 6.51. The lowest BCUT2D eigenvalue weighted by Gasteiger charge is -2.47. The Balaban J connectivity index is 1.69. The van der Waals surface area contributed by atoms with E-state index in [1.165, 1.54) is 21.1 Å². The number of aliphatic hydroxyl groups excluding tert-OH is 3. The molecule has 13 atom stereocenters. The Kier molecular flexibility index (Phi) is 9.65. The highest BCUT2D eigenvalue weighted by Gasteiger charge is 2.50. The van der Waals surface area contributed by atoms with Crippen LogP contribution in [0.4, 0.5) is 0 Å². The Morgan fingerprint density at radius 2 is 1.47 bits per heavy atom. The average molecular weight is 495 g/mol. The van der Waals surface area contributed by atoms with Gasteiger partial charge in [-0.1, -0.05) is 0 Å². The molecule has 3 N–H and O–H groups in total. The van der Waals surface area contributed by atoms with E-state index >= 15 is 0 Å². The van der Waals surface area contributed by atoms with Crippen molar-refractivity contribution in [1.82, 2.24) is 0 Å². The van der Waals surface area contributed by atoms with E-state index in [0.717, 1.165) is 0 Å². The van der Waals surface area contributed by atoms with Gasteiger partial charge in [-0.3, -0.25) is 4.79 Å². The molecule has 0 radical (unpaired) electrons. The first-order chi connectivity index (χ1) is 16.0. The molecule has 0 amide bonds. The molecule has 34 heavy (non-hydrogen) atoms. The zero-order valence-corrected chi connectivity index (χ0v) is 20.4. The SMILES string of the molecule is CO[C@H]1[C@@H](O)[C@@H](C)O[C@@H](O[C@H]2[C@@H](OC)C[C@H](O[C@H]3[C@H](O)CC(O)O[C@@H]3C)O[C@@H]2C)[C@@H]1OC(C)=O. The van der Waals surface area contributed by atoms with Gasteiger partial charge in [-0.2, -0.15) is 0 Å². The standard InChI is InChI=1S/C22H38O12/c1-9-17(26)20(28-6)21(32-12(4)23)22(31-9)34-19-11(3)30-16(8-14(19)27-5)33-18-10(2)29-15(25)7-13(18)24/h9-11,13-22,24-26H,7-8H2,1-6H3/t9-,10-,11-,13-,14+,15?,16+,17+,18-,19-,20+,21-,22+/m1/s1. The number of carbonyl (C=O) groups excluding carboxylic acids is 1. The van der Waals surface area contributed by atoms with Gasteiger partial charge in [0.1, 0.15) is 24.4 Å². The van der Waals surface area contributed by atoms with E-state index in [-0.39, 0.29) is 12.8 Å². The summed E-state index contributed by atoms with van der Waals surface area (Å²) in [4.78, 5) is 11.7. The second kappa shape index (κ2) is 11.9. The molecule has 3 saturated heterocycles. The van der Waals surface area contributed by atoms with Crippen LogP contribution in [0.5, 0.6) is 0 Å². The molecule has 1 unspecified atom stereocenters. The summed E-state index contributed by atoms with van der Waals surface area (Å²) >= 11 is 0. The fourth-order valence-electron chi connectivity index (χ4n) is 4.76. The van der Waals surface area contributed by atoms with Crippen LogP contribution < -0.4 is 0 Å². The quantitative estimate of drug-likeness (QED) is 0.389. The first-order valence-electron chi connectivity index (χ1n) is 11.6. The van der Waals surface area contributed by atoms with Crippen LogP contribution in [0, 0.1) is 0 Å². The third-order valence-electron chi connectivity index (χ3n) is 6.51. The van der Waals surface area contributed by atoms with Gasteiger partial charge < -0.3 is 53.2 Å². The second-order valence-electron chi connectivity index (χ2n) is 9.06. The number of rotatable bonds is 7. The lowest BCUT2D eigenvalue weighted by atomic mass is 9.98. The van der Waals surface area contributed by atoms with E-state index < -0.39 is 85.9 Å². The summed E-state index contributed by atoms with van der Waals surface area (Å²) in [6, 6.07) is 0. The number of carbonyl (C=O) groups is 1. The van der Waals surface area contributed by atoms with Crippen molar-refractivity contribution in [3.05, 3.63) is 0 Å². The zero-order valence-electron chi connectivity index (χ0n) is 20.4. The van der Waals surface area contributed by atoms with Crippen molar-refractivity contribution in [2.75, 3.05) is 14.2 Å². The number of methoxy groups -OCH3 is 2. The van der Waals surface area contributed by atoms with Crippen LogP contribution in [0.1, 0.15) is 40.5 Å².